The number of aromatic nitrogens is 1. The van der Waals surface area contributed by atoms with Gasteiger partial charge in [-0.3, -0.25) is 0 Å². The molecule has 2 rings (SSSR count). The maximum absolute atomic E-state index is 11.0. The van der Waals surface area contributed by atoms with Crippen LogP contribution in [0.2, 0.25) is 5.15 Å². The molecule has 2 atom stereocenters. The first-order valence-electron chi connectivity index (χ1n) is 5.88. The van der Waals surface area contributed by atoms with E-state index in [1.165, 1.54) is 12.1 Å². The van der Waals surface area contributed by atoms with Crippen molar-refractivity contribution in [3.8, 4) is 0 Å². The number of carboxylic acid groups (broad SMARTS) is 1. The molecule has 0 aromatic carbocycles. The Labute approximate surface area is 110 Å². The molecule has 98 valence electrons. The fraction of sp³-hybridized carbons (Fsp3) is 0.500. The first-order valence-corrected chi connectivity index (χ1v) is 6.26. The predicted molar refractivity (Wildman–Crippen MR) is 68.0 cm³/mol. The number of hydrogen-bond acceptors (Lipinski definition) is 4. The third kappa shape index (κ3) is 3.11. The number of aliphatic hydroxyl groups is 1. The number of aliphatic hydroxyl groups excluding tert-OH is 1. The maximum atomic E-state index is 11.0. The molecular weight excluding hydrogens is 256 g/mol. The van der Waals surface area contributed by atoms with Gasteiger partial charge in [-0.1, -0.05) is 11.6 Å². The Morgan fingerprint density at radius 1 is 1.50 bits per heavy atom. The smallest absolute Gasteiger partial charge is 0.339 e. The van der Waals surface area contributed by atoms with E-state index in [2.05, 4.69) is 10.3 Å². The molecule has 0 bridgehead atoms. The molecule has 1 heterocycles. The van der Waals surface area contributed by atoms with Crippen molar-refractivity contribution in [1.29, 1.82) is 0 Å². The summed E-state index contributed by atoms with van der Waals surface area (Å²) in [6.07, 6.45) is 2.26. The van der Waals surface area contributed by atoms with E-state index in [4.69, 9.17) is 16.7 Å². The summed E-state index contributed by atoms with van der Waals surface area (Å²) < 4.78 is 0. The number of nitrogens with zero attached hydrogens (tertiary/aromatic N) is 1. The average molecular weight is 271 g/mol. The van der Waals surface area contributed by atoms with Crippen molar-refractivity contribution >= 4 is 23.4 Å². The van der Waals surface area contributed by atoms with E-state index < -0.39 is 5.97 Å². The number of halogens is 1. The third-order valence-electron chi connectivity index (χ3n) is 3.16. The van der Waals surface area contributed by atoms with E-state index in [9.17, 15) is 9.90 Å². The van der Waals surface area contributed by atoms with Crippen LogP contribution in [-0.4, -0.2) is 33.8 Å². The quantitative estimate of drug-likeness (QED) is 0.729. The van der Waals surface area contributed by atoms with Gasteiger partial charge in [0.25, 0.3) is 0 Å². The molecule has 1 aliphatic carbocycles. The first-order chi connectivity index (χ1) is 8.56. The summed E-state index contributed by atoms with van der Waals surface area (Å²) in [5.74, 6) is -0.396. The number of carbonyl (C=O) groups is 1. The Bertz CT molecular complexity index is 453. The molecule has 1 aliphatic rings. The van der Waals surface area contributed by atoms with Crippen LogP contribution >= 0.6 is 11.6 Å². The van der Waals surface area contributed by atoms with Gasteiger partial charge in [-0.15, -0.1) is 0 Å². The van der Waals surface area contributed by atoms with Crippen molar-refractivity contribution in [2.75, 3.05) is 11.9 Å². The molecule has 1 aromatic heterocycles. The van der Waals surface area contributed by atoms with Gasteiger partial charge in [-0.25, -0.2) is 9.78 Å². The zero-order chi connectivity index (χ0) is 13.1. The zero-order valence-electron chi connectivity index (χ0n) is 9.77. The molecule has 1 fully saturated rings. The Morgan fingerprint density at radius 3 is 2.89 bits per heavy atom. The third-order valence-corrected chi connectivity index (χ3v) is 3.37. The van der Waals surface area contributed by atoms with E-state index >= 15 is 0 Å². The van der Waals surface area contributed by atoms with Crippen molar-refractivity contribution in [2.45, 2.75) is 25.4 Å². The molecular formula is C12H15ClN2O3. The van der Waals surface area contributed by atoms with Crippen LogP contribution in [0.3, 0.4) is 0 Å². The Kier molecular flexibility index (Phi) is 4.04. The predicted octanol–water partition coefficient (Wildman–Crippen LogP) is 2.01. The lowest BCUT2D eigenvalue weighted by Gasteiger charge is -2.13. The fourth-order valence-corrected chi connectivity index (χ4v) is 2.37. The van der Waals surface area contributed by atoms with Crippen LogP contribution in [0.15, 0.2) is 12.1 Å². The van der Waals surface area contributed by atoms with Crippen LogP contribution in [0.25, 0.3) is 0 Å². The normalized spacial score (nSPS) is 23.0. The molecule has 0 aliphatic heterocycles. The summed E-state index contributed by atoms with van der Waals surface area (Å²) in [6, 6.07) is 2.89. The monoisotopic (exact) mass is 270 g/mol. The molecule has 18 heavy (non-hydrogen) atoms. The second-order valence-corrected chi connectivity index (χ2v) is 4.94. The van der Waals surface area contributed by atoms with E-state index in [1.54, 1.807) is 0 Å². The molecule has 0 saturated heterocycles. The standard InChI is InChI=1S/C12H15ClN2O3/c13-10-4-3-9(12(17)18)11(15-10)14-6-7-1-2-8(16)5-7/h3-4,7-8,16H,1-2,5-6H2,(H,14,15)(H,17,18). The summed E-state index contributed by atoms with van der Waals surface area (Å²) in [5.41, 5.74) is 0.109. The molecule has 0 radical (unpaired) electrons. The van der Waals surface area contributed by atoms with Gasteiger partial charge in [0.05, 0.1) is 6.10 Å². The lowest BCUT2D eigenvalue weighted by atomic mass is 10.1. The van der Waals surface area contributed by atoms with Gasteiger partial charge >= 0.3 is 5.97 Å². The molecule has 3 N–H and O–H groups in total. The Hall–Kier alpha value is -1.33. The lowest BCUT2D eigenvalue weighted by Crippen LogP contribution is -2.16. The fourth-order valence-electron chi connectivity index (χ4n) is 2.22. The SMILES string of the molecule is O=C(O)c1ccc(Cl)nc1NCC1CCC(O)C1. The van der Waals surface area contributed by atoms with Crippen molar-refractivity contribution in [3.05, 3.63) is 22.8 Å². The van der Waals surface area contributed by atoms with Gasteiger partial charge in [0, 0.05) is 6.54 Å². The van der Waals surface area contributed by atoms with Gasteiger partial charge in [0.1, 0.15) is 16.5 Å². The highest BCUT2D eigenvalue weighted by Crippen LogP contribution is 2.26. The van der Waals surface area contributed by atoms with Crippen molar-refractivity contribution in [1.82, 2.24) is 4.98 Å². The van der Waals surface area contributed by atoms with Crippen molar-refractivity contribution < 1.29 is 15.0 Å². The number of nitrogens with one attached hydrogen (secondary N) is 1. The van der Waals surface area contributed by atoms with Crippen LogP contribution < -0.4 is 5.32 Å². The molecule has 6 heteroatoms. The minimum absolute atomic E-state index is 0.109. The second kappa shape index (κ2) is 5.54. The summed E-state index contributed by atoms with van der Waals surface area (Å²) in [4.78, 5) is 15.0. The summed E-state index contributed by atoms with van der Waals surface area (Å²) in [7, 11) is 0. The highest BCUT2D eigenvalue weighted by atomic mass is 35.5. The van der Waals surface area contributed by atoms with E-state index in [0.29, 0.717) is 12.5 Å². The van der Waals surface area contributed by atoms with Crippen LogP contribution in [0.5, 0.6) is 0 Å². The number of hydrogen-bond donors (Lipinski definition) is 3. The Morgan fingerprint density at radius 2 is 2.28 bits per heavy atom. The van der Waals surface area contributed by atoms with Crippen LogP contribution in [0.4, 0.5) is 5.82 Å². The number of rotatable bonds is 4. The number of pyridine rings is 1. The maximum Gasteiger partial charge on any atom is 0.339 e. The second-order valence-electron chi connectivity index (χ2n) is 4.55. The minimum atomic E-state index is -1.03. The molecule has 1 aromatic rings. The van der Waals surface area contributed by atoms with E-state index in [1.807, 2.05) is 0 Å². The van der Waals surface area contributed by atoms with Crippen LogP contribution in [0, 0.1) is 5.92 Å². The summed E-state index contributed by atoms with van der Waals surface area (Å²) >= 11 is 5.76. The van der Waals surface area contributed by atoms with Crippen molar-refractivity contribution in [3.63, 3.8) is 0 Å². The lowest BCUT2D eigenvalue weighted by molar-refractivity contribution is 0.0697. The van der Waals surface area contributed by atoms with Gasteiger partial charge < -0.3 is 15.5 Å². The first kappa shape index (κ1) is 13.1. The van der Waals surface area contributed by atoms with Gasteiger partial charge in [-0.2, -0.15) is 0 Å². The minimum Gasteiger partial charge on any atom is -0.478 e. The number of aromatic carboxylic acids is 1. The summed E-state index contributed by atoms with van der Waals surface area (Å²) in [5, 5.41) is 21.7. The average Bonchev–Trinajstić information content (AvgIpc) is 2.72. The van der Waals surface area contributed by atoms with E-state index in [-0.39, 0.29) is 22.6 Å². The summed E-state index contributed by atoms with van der Waals surface area (Å²) in [6.45, 7) is 0.602. The van der Waals surface area contributed by atoms with Gasteiger partial charge in [0.15, 0.2) is 0 Å². The number of anilines is 1. The molecule has 0 spiro atoms. The molecule has 1 saturated carbocycles. The van der Waals surface area contributed by atoms with Crippen LogP contribution in [-0.2, 0) is 0 Å². The topological polar surface area (TPSA) is 82.5 Å². The molecule has 0 amide bonds. The van der Waals surface area contributed by atoms with Gasteiger partial charge in [-0.05, 0) is 37.3 Å². The van der Waals surface area contributed by atoms with E-state index in [0.717, 1.165) is 19.3 Å². The molecule has 5 nitrogen and oxygen atoms in total. The number of carboxylic acids is 1. The highest BCUT2D eigenvalue weighted by Gasteiger charge is 2.23. The zero-order valence-corrected chi connectivity index (χ0v) is 10.5. The van der Waals surface area contributed by atoms with Crippen LogP contribution in [0.1, 0.15) is 29.6 Å². The van der Waals surface area contributed by atoms with Crippen molar-refractivity contribution in [2.24, 2.45) is 5.92 Å². The van der Waals surface area contributed by atoms with Gasteiger partial charge in [0.2, 0.25) is 0 Å². The molecule has 2 unspecified atom stereocenters. The Balaban J connectivity index is 2.04. The largest absolute Gasteiger partial charge is 0.478 e. The highest BCUT2D eigenvalue weighted by molar-refractivity contribution is 6.29.